The second-order valence-electron chi connectivity index (χ2n) is 8.42. The van der Waals surface area contributed by atoms with Gasteiger partial charge in [-0.3, -0.25) is 4.79 Å². The highest BCUT2D eigenvalue weighted by molar-refractivity contribution is 6.04. The SMILES string of the molecule is Cc1cc(N2CCOCC2)ccc1NC(=O)c1nn(-c2ccc(F)cc2)c2c1CCCC2. The number of halogens is 1. The van der Waals surface area contributed by atoms with Gasteiger partial charge in [0.05, 0.1) is 18.9 Å². The van der Waals surface area contributed by atoms with Crippen molar-refractivity contribution in [2.75, 3.05) is 36.5 Å². The summed E-state index contributed by atoms with van der Waals surface area (Å²) < 4.78 is 20.6. The molecule has 3 aromatic rings. The van der Waals surface area contributed by atoms with E-state index in [2.05, 4.69) is 21.4 Å². The van der Waals surface area contributed by atoms with E-state index >= 15 is 0 Å². The number of nitrogens with one attached hydrogen (secondary N) is 1. The smallest absolute Gasteiger partial charge is 0.276 e. The van der Waals surface area contributed by atoms with Crippen molar-refractivity contribution in [3.05, 3.63) is 70.8 Å². The summed E-state index contributed by atoms with van der Waals surface area (Å²) in [6.07, 6.45) is 3.78. The molecule has 1 aliphatic heterocycles. The van der Waals surface area contributed by atoms with Gasteiger partial charge in [-0.1, -0.05) is 0 Å². The van der Waals surface area contributed by atoms with Crippen LogP contribution in [0.4, 0.5) is 15.8 Å². The highest BCUT2D eigenvalue weighted by Gasteiger charge is 2.26. The zero-order valence-corrected chi connectivity index (χ0v) is 18.2. The van der Waals surface area contributed by atoms with Crippen LogP contribution in [0.25, 0.3) is 5.69 Å². The number of benzene rings is 2. The zero-order chi connectivity index (χ0) is 22.1. The Morgan fingerprint density at radius 1 is 1.03 bits per heavy atom. The van der Waals surface area contributed by atoms with Gasteiger partial charge in [0, 0.05) is 35.7 Å². The van der Waals surface area contributed by atoms with Gasteiger partial charge in [-0.15, -0.1) is 0 Å². The van der Waals surface area contributed by atoms with Crippen LogP contribution in [-0.4, -0.2) is 42.0 Å². The number of morpholine rings is 1. The van der Waals surface area contributed by atoms with Gasteiger partial charge < -0.3 is 15.0 Å². The van der Waals surface area contributed by atoms with Crippen molar-refractivity contribution in [2.24, 2.45) is 0 Å². The molecule has 32 heavy (non-hydrogen) atoms. The summed E-state index contributed by atoms with van der Waals surface area (Å²) in [5.41, 5.74) is 6.22. The van der Waals surface area contributed by atoms with E-state index in [-0.39, 0.29) is 11.7 Å². The maximum absolute atomic E-state index is 13.4. The van der Waals surface area contributed by atoms with Crippen LogP contribution in [0.3, 0.4) is 0 Å². The topological polar surface area (TPSA) is 59.4 Å². The minimum absolute atomic E-state index is 0.203. The van der Waals surface area contributed by atoms with Crippen molar-refractivity contribution in [1.82, 2.24) is 9.78 Å². The largest absolute Gasteiger partial charge is 0.378 e. The number of aryl methyl sites for hydroxylation is 1. The van der Waals surface area contributed by atoms with E-state index in [0.29, 0.717) is 5.69 Å². The van der Waals surface area contributed by atoms with Gasteiger partial charge in [0.15, 0.2) is 5.69 Å². The lowest BCUT2D eigenvalue weighted by Crippen LogP contribution is -2.36. The number of hydrogen-bond acceptors (Lipinski definition) is 4. The molecule has 2 heterocycles. The molecule has 1 saturated heterocycles. The fourth-order valence-electron chi connectivity index (χ4n) is 4.57. The Balaban J connectivity index is 1.41. The molecule has 0 saturated carbocycles. The van der Waals surface area contributed by atoms with E-state index in [1.807, 2.05) is 19.1 Å². The molecule has 1 N–H and O–H groups in total. The molecule has 166 valence electrons. The number of ether oxygens (including phenoxy) is 1. The summed E-state index contributed by atoms with van der Waals surface area (Å²) in [4.78, 5) is 15.5. The van der Waals surface area contributed by atoms with E-state index in [4.69, 9.17) is 4.74 Å². The summed E-state index contributed by atoms with van der Waals surface area (Å²) in [5, 5.41) is 7.73. The van der Waals surface area contributed by atoms with Crippen LogP contribution in [-0.2, 0) is 17.6 Å². The highest BCUT2D eigenvalue weighted by Crippen LogP contribution is 2.29. The number of fused-ring (bicyclic) bond motifs is 1. The van der Waals surface area contributed by atoms with Gasteiger partial charge >= 0.3 is 0 Å². The van der Waals surface area contributed by atoms with E-state index in [1.165, 1.54) is 12.1 Å². The number of carbonyl (C=O) groups excluding carboxylic acids is 1. The molecule has 5 rings (SSSR count). The van der Waals surface area contributed by atoms with Crippen LogP contribution in [0.2, 0.25) is 0 Å². The molecular formula is C25H27FN4O2. The van der Waals surface area contributed by atoms with Gasteiger partial charge in [-0.2, -0.15) is 5.10 Å². The van der Waals surface area contributed by atoms with Gasteiger partial charge in [-0.05, 0) is 80.6 Å². The van der Waals surface area contributed by atoms with Crippen molar-refractivity contribution in [3.63, 3.8) is 0 Å². The average molecular weight is 435 g/mol. The molecule has 0 spiro atoms. The van der Waals surface area contributed by atoms with E-state index in [0.717, 1.165) is 85.9 Å². The van der Waals surface area contributed by atoms with Crippen molar-refractivity contribution in [3.8, 4) is 5.69 Å². The van der Waals surface area contributed by atoms with Gasteiger partial charge in [-0.25, -0.2) is 9.07 Å². The predicted octanol–water partition coefficient (Wildman–Crippen LogP) is 4.29. The Hall–Kier alpha value is -3.19. The summed E-state index contributed by atoms with van der Waals surface area (Å²) >= 11 is 0. The molecule has 0 atom stereocenters. The number of carbonyl (C=O) groups is 1. The molecule has 2 aromatic carbocycles. The molecule has 7 heteroatoms. The fourth-order valence-corrected chi connectivity index (χ4v) is 4.57. The van der Waals surface area contributed by atoms with Gasteiger partial charge in [0.25, 0.3) is 5.91 Å². The van der Waals surface area contributed by atoms with Crippen LogP contribution in [0, 0.1) is 12.7 Å². The lowest BCUT2D eigenvalue weighted by Gasteiger charge is -2.29. The first-order valence-corrected chi connectivity index (χ1v) is 11.2. The Labute approximate surface area is 187 Å². The average Bonchev–Trinajstić information content (AvgIpc) is 3.21. The summed E-state index contributed by atoms with van der Waals surface area (Å²) in [7, 11) is 0. The minimum atomic E-state index is -0.288. The van der Waals surface area contributed by atoms with Gasteiger partial charge in [0.2, 0.25) is 0 Å². The van der Waals surface area contributed by atoms with Crippen LogP contribution in [0.1, 0.15) is 40.2 Å². The molecular weight excluding hydrogens is 407 g/mol. The Kier molecular flexibility index (Phi) is 5.66. The van der Waals surface area contributed by atoms with Gasteiger partial charge in [0.1, 0.15) is 5.82 Å². The number of hydrogen-bond donors (Lipinski definition) is 1. The van der Waals surface area contributed by atoms with Crippen LogP contribution in [0.15, 0.2) is 42.5 Å². The minimum Gasteiger partial charge on any atom is -0.378 e. The van der Waals surface area contributed by atoms with Crippen LogP contribution < -0.4 is 10.2 Å². The third kappa shape index (κ3) is 4.00. The lowest BCUT2D eigenvalue weighted by molar-refractivity contribution is 0.102. The predicted molar refractivity (Wildman–Crippen MR) is 122 cm³/mol. The summed E-state index contributed by atoms with van der Waals surface area (Å²) in [6, 6.07) is 12.4. The number of aromatic nitrogens is 2. The first kappa shape index (κ1) is 20.7. The highest BCUT2D eigenvalue weighted by atomic mass is 19.1. The maximum atomic E-state index is 13.4. The molecule has 0 radical (unpaired) electrons. The molecule has 0 unspecified atom stereocenters. The maximum Gasteiger partial charge on any atom is 0.276 e. The number of nitrogens with zero attached hydrogens (tertiary/aromatic N) is 3. The molecule has 1 fully saturated rings. The van der Waals surface area contributed by atoms with Crippen molar-refractivity contribution in [1.29, 1.82) is 0 Å². The molecule has 1 amide bonds. The van der Waals surface area contributed by atoms with E-state index in [9.17, 15) is 9.18 Å². The third-order valence-electron chi connectivity index (χ3n) is 6.30. The zero-order valence-electron chi connectivity index (χ0n) is 18.2. The summed E-state index contributed by atoms with van der Waals surface area (Å²) in [6.45, 7) is 5.22. The van der Waals surface area contributed by atoms with Crippen molar-refractivity contribution in [2.45, 2.75) is 32.6 Å². The molecule has 1 aromatic heterocycles. The van der Waals surface area contributed by atoms with Crippen LogP contribution >= 0.6 is 0 Å². The number of rotatable bonds is 4. The lowest BCUT2D eigenvalue weighted by atomic mass is 9.95. The molecule has 1 aliphatic carbocycles. The number of amides is 1. The number of anilines is 2. The fraction of sp³-hybridized carbons (Fsp3) is 0.360. The van der Waals surface area contributed by atoms with Crippen LogP contribution in [0.5, 0.6) is 0 Å². The molecule has 6 nitrogen and oxygen atoms in total. The second kappa shape index (κ2) is 8.74. The Morgan fingerprint density at radius 3 is 2.50 bits per heavy atom. The summed E-state index contributed by atoms with van der Waals surface area (Å²) in [5.74, 6) is -0.491. The third-order valence-corrected chi connectivity index (χ3v) is 6.30. The normalized spacial score (nSPS) is 16.0. The van der Waals surface area contributed by atoms with E-state index < -0.39 is 0 Å². The Bertz CT molecular complexity index is 1130. The van der Waals surface area contributed by atoms with E-state index in [1.54, 1.807) is 16.8 Å². The standard InChI is InChI=1S/C25H27FN4O2/c1-17-16-20(29-12-14-32-15-13-29)10-11-22(17)27-25(31)24-21-4-2-3-5-23(21)30(28-24)19-8-6-18(26)7-9-19/h6-11,16H,2-5,12-15H2,1H3,(H,27,31). The first-order valence-electron chi connectivity index (χ1n) is 11.2. The van der Waals surface area contributed by atoms with Crippen molar-refractivity contribution >= 4 is 17.3 Å². The Morgan fingerprint density at radius 2 is 1.75 bits per heavy atom. The molecule has 0 bridgehead atoms. The molecule has 2 aliphatic rings. The monoisotopic (exact) mass is 434 g/mol. The first-order chi connectivity index (χ1) is 15.6. The second-order valence-corrected chi connectivity index (χ2v) is 8.42. The quantitative estimate of drug-likeness (QED) is 0.666. The van der Waals surface area contributed by atoms with Crippen molar-refractivity contribution < 1.29 is 13.9 Å².